The van der Waals surface area contributed by atoms with Gasteiger partial charge in [0.2, 0.25) is 0 Å². The van der Waals surface area contributed by atoms with Crippen molar-refractivity contribution in [3.05, 3.63) is 35.9 Å². The van der Waals surface area contributed by atoms with Crippen molar-refractivity contribution in [1.82, 2.24) is 4.90 Å². The van der Waals surface area contributed by atoms with Gasteiger partial charge in [-0.05, 0) is 0 Å². The normalized spacial score (nSPS) is 16.3. The number of hydrogen-bond acceptors (Lipinski definition) is 2. The van der Waals surface area contributed by atoms with Crippen LogP contribution in [-0.4, -0.2) is 54.3 Å². The summed E-state index contributed by atoms with van der Waals surface area (Å²) in [5, 5.41) is 0. The van der Waals surface area contributed by atoms with Crippen LogP contribution < -0.4 is 17.0 Å². The minimum absolute atomic E-state index is 0. The van der Waals surface area contributed by atoms with Gasteiger partial charge in [0, 0.05) is 19.6 Å². The van der Waals surface area contributed by atoms with Gasteiger partial charge in [-0.3, -0.25) is 4.90 Å². The topological polar surface area (TPSA) is 12.5 Å². The SMILES string of the molecule is [Br-].[Mg+2].[c-]1ccc(CN2CCOCC2)cc1. The Labute approximate surface area is 118 Å². The molecule has 1 aliphatic heterocycles. The van der Waals surface area contributed by atoms with E-state index in [1.165, 1.54) is 5.56 Å². The minimum atomic E-state index is 0. The number of rotatable bonds is 2. The van der Waals surface area contributed by atoms with Crippen LogP contribution in [0.5, 0.6) is 0 Å². The van der Waals surface area contributed by atoms with Crippen LogP contribution in [0.2, 0.25) is 0 Å². The molecule has 1 aromatic rings. The smallest absolute Gasteiger partial charge is 1.00 e. The molecule has 4 heteroatoms. The Morgan fingerprint density at radius 2 is 1.80 bits per heavy atom. The molecule has 1 heterocycles. The standard InChI is InChI=1S/C11H14NO.BrH.Mg/c1-2-4-11(5-3-1)10-12-6-8-13-9-7-12;;/h2-5H,6-10H2;1H;/q-1;;+2/p-1. The van der Waals surface area contributed by atoms with Crippen LogP contribution >= 0.6 is 0 Å². The molecule has 15 heavy (non-hydrogen) atoms. The second-order valence-corrected chi connectivity index (χ2v) is 3.30. The Hall–Kier alpha value is 0.386. The Balaban J connectivity index is 0.000000980. The van der Waals surface area contributed by atoms with E-state index in [-0.39, 0.29) is 40.0 Å². The quantitative estimate of drug-likeness (QED) is 0.456. The van der Waals surface area contributed by atoms with Crippen molar-refractivity contribution in [2.24, 2.45) is 0 Å². The zero-order chi connectivity index (χ0) is 8.93. The van der Waals surface area contributed by atoms with Crippen molar-refractivity contribution in [3.63, 3.8) is 0 Å². The Bertz CT molecular complexity index is 252. The third kappa shape index (κ3) is 5.31. The summed E-state index contributed by atoms with van der Waals surface area (Å²) in [6.07, 6.45) is 0. The molecule has 0 unspecified atom stereocenters. The molecule has 0 spiro atoms. The summed E-state index contributed by atoms with van der Waals surface area (Å²) >= 11 is 0. The summed E-state index contributed by atoms with van der Waals surface area (Å²) in [6.45, 7) is 4.90. The second kappa shape index (κ2) is 8.53. The Morgan fingerprint density at radius 1 is 1.20 bits per heavy atom. The largest absolute Gasteiger partial charge is 2.00 e. The molecule has 0 aliphatic carbocycles. The monoisotopic (exact) mass is 279 g/mol. The minimum Gasteiger partial charge on any atom is -1.00 e. The molecule has 1 fully saturated rings. The molecular weight excluding hydrogens is 266 g/mol. The molecule has 0 radical (unpaired) electrons. The van der Waals surface area contributed by atoms with Crippen LogP contribution in [0.1, 0.15) is 5.56 Å². The van der Waals surface area contributed by atoms with Crippen molar-refractivity contribution in [2.45, 2.75) is 6.54 Å². The van der Waals surface area contributed by atoms with Gasteiger partial charge in [0.25, 0.3) is 0 Å². The third-order valence-electron chi connectivity index (χ3n) is 2.30. The van der Waals surface area contributed by atoms with E-state index in [9.17, 15) is 0 Å². The van der Waals surface area contributed by atoms with Crippen LogP contribution in [0.15, 0.2) is 24.3 Å². The molecule has 1 aromatic carbocycles. The van der Waals surface area contributed by atoms with Gasteiger partial charge in [0.15, 0.2) is 0 Å². The number of nitrogens with zero attached hydrogens (tertiary/aromatic N) is 1. The average molecular weight is 280 g/mol. The van der Waals surface area contributed by atoms with Crippen molar-refractivity contribution < 1.29 is 21.7 Å². The van der Waals surface area contributed by atoms with Gasteiger partial charge < -0.3 is 21.7 Å². The summed E-state index contributed by atoms with van der Waals surface area (Å²) < 4.78 is 5.29. The molecule has 0 saturated carbocycles. The molecule has 0 amide bonds. The molecule has 0 aromatic heterocycles. The average Bonchev–Trinajstić information content (AvgIpc) is 2.21. The zero-order valence-corrected chi connectivity index (χ0v) is 11.8. The number of morpholine rings is 1. The molecular formula is C11H14BrMgNO. The number of hydrogen-bond donors (Lipinski definition) is 0. The first-order chi connectivity index (χ1) is 6.45. The van der Waals surface area contributed by atoms with Crippen LogP contribution in [0.3, 0.4) is 0 Å². The van der Waals surface area contributed by atoms with Gasteiger partial charge in [-0.25, -0.2) is 0 Å². The van der Waals surface area contributed by atoms with E-state index in [4.69, 9.17) is 4.74 Å². The maximum absolute atomic E-state index is 5.29. The van der Waals surface area contributed by atoms with E-state index >= 15 is 0 Å². The third-order valence-corrected chi connectivity index (χ3v) is 2.30. The molecule has 0 N–H and O–H groups in total. The van der Waals surface area contributed by atoms with Gasteiger partial charge in [0.1, 0.15) is 0 Å². The van der Waals surface area contributed by atoms with Gasteiger partial charge >= 0.3 is 23.1 Å². The molecule has 0 atom stereocenters. The molecule has 2 rings (SSSR count). The summed E-state index contributed by atoms with van der Waals surface area (Å²) in [5.74, 6) is 0. The van der Waals surface area contributed by atoms with Gasteiger partial charge in [-0.1, -0.05) is 0 Å². The van der Waals surface area contributed by atoms with Crippen LogP contribution in [-0.2, 0) is 11.3 Å². The van der Waals surface area contributed by atoms with E-state index in [2.05, 4.69) is 23.1 Å². The summed E-state index contributed by atoms with van der Waals surface area (Å²) in [4.78, 5) is 2.42. The Kier molecular flexibility index (Phi) is 8.75. The van der Waals surface area contributed by atoms with E-state index < -0.39 is 0 Å². The molecule has 1 saturated heterocycles. The number of benzene rings is 1. The number of halogens is 1. The fourth-order valence-corrected chi connectivity index (χ4v) is 1.54. The maximum Gasteiger partial charge on any atom is 2.00 e. The maximum atomic E-state index is 5.29. The fraction of sp³-hybridized carbons (Fsp3) is 0.455. The Morgan fingerprint density at radius 3 is 2.40 bits per heavy atom. The van der Waals surface area contributed by atoms with Gasteiger partial charge in [0.05, 0.1) is 13.2 Å². The van der Waals surface area contributed by atoms with E-state index in [0.717, 1.165) is 32.8 Å². The summed E-state index contributed by atoms with van der Waals surface area (Å²) in [6, 6.07) is 11.2. The van der Waals surface area contributed by atoms with Crippen molar-refractivity contribution in [1.29, 1.82) is 0 Å². The van der Waals surface area contributed by atoms with E-state index in [1.807, 2.05) is 12.1 Å². The first-order valence-electron chi connectivity index (χ1n) is 4.70. The van der Waals surface area contributed by atoms with Crippen molar-refractivity contribution in [2.75, 3.05) is 26.3 Å². The summed E-state index contributed by atoms with van der Waals surface area (Å²) in [5.41, 5.74) is 1.36. The van der Waals surface area contributed by atoms with Gasteiger partial charge in [-0.2, -0.15) is 30.3 Å². The second-order valence-electron chi connectivity index (χ2n) is 3.30. The van der Waals surface area contributed by atoms with Crippen LogP contribution in [0, 0.1) is 6.07 Å². The van der Waals surface area contributed by atoms with Crippen LogP contribution in [0.25, 0.3) is 0 Å². The first kappa shape index (κ1) is 15.4. The summed E-state index contributed by atoms with van der Waals surface area (Å²) in [7, 11) is 0. The van der Waals surface area contributed by atoms with Gasteiger partial charge in [-0.15, -0.1) is 5.56 Å². The molecule has 1 aliphatic rings. The predicted molar refractivity (Wildman–Crippen MR) is 57.1 cm³/mol. The van der Waals surface area contributed by atoms with Crippen molar-refractivity contribution >= 4 is 23.1 Å². The number of ether oxygens (including phenoxy) is 1. The predicted octanol–water partition coefficient (Wildman–Crippen LogP) is -2.06. The molecule has 78 valence electrons. The van der Waals surface area contributed by atoms with E-state index in [0.29, 0.717) is 0 Å². The van der Waals surface area contributed by atoms with Crippen LogP contribution in [0.4, 0.5) is 0 Å². The molecule has 0 bridgehead atoms. The van der Waals surface area contributed by atoms with E-state index in [1.54, 1.807) is 0 Å². The van der Waals surface area contributed by atoms with Crippen molar-refractivity contribution in [3.8, 4) is 0 Å². The molecule has 2 nitrogen and oxygen atoms in total. The first-order valence-corrected chi connectivity index (χ1v) is 4.70. The zero-order valence-electron chi connectivity index (χ0n) is 8.79. The fourth-order valence-electron chi connectivity index (χ4n) is 1.54.